The molecule has 0 aromatic heterocycles. The van der Waals surface area contributed by atoms with Crippen LogP contribution in [-0.4, -0.2) is 18.0 Å². The summed E-state index contributed by atoms with van der Waals surface area (Å²) in [5.74, 6) is 0.355. The second-order valence-electron chi connectivity index (χ2n) is 4.76. The van der Waals surface area contributed by atoms with Gasteiger partial charge in [0, 0.05) is 12.7 Å². The van der Waals surface area contributed by atoms with E-state index in [1.54, 1.807) is 13.1 Å². The Bertz CT molecular complexity index is 509. The molecule has 1 fully saturated rings. The first-order valence-corrected chi connectivity index (χ1v) is 6.96. The summed E-state index contributed by atoms with van der Waals surface area (Å²) in [6.07, 6.45) is 2.97. The van der Waals surface area contributed by atoms with E-state index in [9.17, 15) is 4.79 Å². The summed E-state index contributed by atoms with van der Waals surface area (Å²) in [6, 6.07) is 5.67. The highest BCUT2D eigenvalue weighted by Gasteiger charge is 2.31. The van der Waals surface area contributed by atoms with Crippen molar-refractivity contribution in [3.8, 4) is 0 Å². The van der Waals surface area contributed by atoms with Gasteiger partial charge < -0.3 is 0 Å². The highest BCUT2D eigenvalue weighted by atomic mass is 35.5. The Morgan fingerprint density at radius 2 is 2.21 bits per heavy atom. The van der Waals surface area contributed by atoms with E-state index in [2.05, 4.69) is 12.0 Å². The number of hydrazine groups is 1. The van der Waals surface area contributed by atoms with Crippen LogP contribution in [0.4, 0.5) is 0 Å². The zero-order valence-electron chi connectivity index (χ0n) is 11.4. The summed E-state index contributed by atoms with van der Waals surface area (Å²) < 4.78 is 0. The van der Waals surface area contributed by atoms with Gasteiger partial charge in [0.2, 0.25) is 0 Å². The molecule has 102 valence electrons. The summed E-state index contributed by atoms with van der Waals surface area (Å²) in [5, 5.41) is 1.99. The van der Waals surface area contributed by atoms with Crippen LogP contribution in [0.3, 0.4) is 0 Å². The van der Waals surface area contributed by atoms with Crippen molar-refractivity contribution in [3.63, 3.8) is 0 Å². The Morgan fingerprint density at radius 3 is 2.74 bits per heavy atom. The Hall–Kier alpha value is -1.32. The Morgan fingerprint density at radius 1 is 1.53 bits per heavy atom. The summed E-state index contributed by atoms with van der Waals surface area (Å²) in [6.45, 7) is 5.88. The smallest absolute Gasteiger partial charge is 0.267 e. The molecular weight excluding hydrogens is 260 g/mol. The van der Waals surface area contributed by atoms with Crippen molar-refractivity contribution in [2.24, 2.45) is 0 Å². The molecule has 0 atom stereocenters. The van der Waals surface area contributed by atoms with E-state index in [0.29, 0.717) is 22.9 Å². The molecule has 1 aliphatic rings. The second kappa shape index (κ2) is 5.76. The van der Waals surface area contributed by atoms with Crippen molar-refractivity contribution in [2.75, 3.05) is 7.05 Å². The van der Waals surface area contributed by atoms with Crippen molar-refractivity contribution in [2.45, 2.75) is 32.1 Å². The summed E-state index contributed by atoms with van der Waals surface area (Å²) in [4.78, 5) is 12.7. The van der Waals surface area contributed by atoms with Crippen molar-refractivity contribution in [1.29, 1.82) is 0 Å². The number of amides is 1. The van der Waals surface area contributed by atoms with E-state index < -0.39 is 0 Å². The number of hydrogen-bond acceptors (Lipinski definition) is 2. The van der Waals surface area contributed by atoms with Crippen LogP contribution in [0.1, 0.15) is 48.0 Å². The molecule has 1 aromatic carbocycles. The maximum Gasteiger partial charge on any atom is 0.274 e. The van der Waals surface area contributed by atoms with Crippen molar-refractivity contribution in [3.05, 3.63) is 46.6 Å². The van der Waals surface area contributed by atoms with Crippen LogP contribution in [0.2, 0.25) is 5.02 Å². The number of rotatable bonds is 5. The molecule has 19 heavy (non-hydrogen) atoms. The number of nitrogens with one attached hydrogen (secondary N) is 1. The fraction of sp³-hybridized carbons (Fsp3) is 0.400. The summed E-state index contributed by atoms with van der Waals surface area (Å²) in [5.41, 5.74) is 5.29. The number of allylic oxidation sites excluding steroid dienone is 1. The third kappa shape index (κ3) is 2.82. The number of nitrogens with zero attached hydrogens (tertiary/aromatic N) is 1. The van der Waals surface area contributed by atoms with Gasteiger partial charge in [-0.15, -0.1) is 0 Å². The van der Waals surface area contributed by atoms with Gasteiger partial charge >= 0.3 is 0 Å². The fourth-order valence-electron chi connectivity index (χ4n) is 2.17. The molecule has 1 saturated carbocycles. The number of halogens is 1. The van der Waals surface area contributed by atoms with Gasteiger partial charge in [-0.3, -0.25) is 4.79 Å². The van der Waals surface area contributed by atoms with Gasteiger partial charge in [-0.1, -0.05) is 37.2 Å². The quantitative estimate of drug-likeness (QED) is 0.833. The standard InChI is InChI=1S/C15H19ClN2O/c1-4-10(2)18(17-3)15(19)14-12(11-8-9-11)6-5-7-13(14)16/h5-7,11,17H,2,4,8-9H2,1,3H3. The van der Waals surface area contributed by atoms with Crippen molar-refractivity contribution < 1.29 is 4.79 Å². The lowest BCUT2D eigenvalue weighted by Crippen LogP contribution is -2.39. The predicted molar refractivity (Wildman–Crippen MR) is 78.1 cm³/mol. The third-order valence-corrected chi connectivity index (χ3v) is 3.74. The van der Waals surface area contributed by atoms with Crippen LogP contribution < -0.4 is 5.43 Å². The molecule has 1 aromatic rings. The van der Waals surface area contributed by atoms with E-state index in [1.165, 1.54) is 5.01 Å². The monoisotopic (exact) mass is 278 g/mol. The SMILES string of the molecule is C=C(CC)N(NC)C(=O)c1c(Cl)cccc1C1CC1. The van der Waals surface area contributed by atoms with Crippen molar-refractivity contribution in [1.82, 2.24) is 10.4 Å². The van der Waals surface area contributed by atoms with Crippen LogP contribution in [-0.2, 0) is 0 Å². The fourth-order valence-corrected chi connectivity index (χ4v) is 2.44. The first kappa shape index (κ1) is 14.1. The maximum atomic E-state index is 12.7. The zero-order chi connectivity index (χ0) is 14.0. The van der Waals surface area contributed by atoms with Gasteiger partial charge in [0.25, 0.3) is 5.91 Å². The number of carbonyl (C=O) groups excluding carboxylic acids is 1. The lowest BCUT2D eigenvalue weighted by molar-refractivity contribution is 0.0744. The maximum absolute atomic E-state index is 12.7. The van der Waals surface area contributed by atoms with Crippen LogP contribution >= 0.6 is 11.6 Å². The molecule has 1 amide bonds. The second-order valence-corrected chi connectivity index (χ2v) is 5.17. The minimum atomic E-state index is -0.123. The minimum absolute atomic E-state index is 0.123. The van der Waals surface area contributed by atoms with E-state index in [0.717, 1.165) is 24.1 Å². The van der Waals surface area contributed by atoms with Crippen molar-refractivity contribution >= 4 is 17.5 Å². The lowest BCUT2D eigenvalue weighted by Gasteiger charge is -2.24. The molecule has 0 spiro atoms. The predicted octanol–water partition coefficient (Wildman–Crippen LogP) is 3.72. The van der Waals surface area contributed by atoms with E-state index in [-0.39, 0.29) is 5.91 Å². The van der Waals surface area contributed by atoms with Gasteiger partial charge in [0.05, 0.1) is 10.6 Å². The summed E-state index contributed by atoms with van der Waals surface area (Å²) in [7, 11) is 1.71. The molecule has 2 rings (SSSR count). The molecule has 1 N–H and O–H groups in total. The topological polar surface area (TPSA) is 32.3 Å². The normalized spacial score (nSPS) is 14.3. The van der Waals surface area contributed by atoms with Crippen LogP contribution in [0.15, 0.2) is 30.5 Å². The average Bonchev–Trinajstić information content (AvgIpc) is 3.23. The lowest BCUT2D eigenvalue weighted by atomic mass is 10.0. The van der Waals surface area contributed by atoms with E-state index in [4.69, 9.17) is 11.6 Å². The molecule has 0 heterocycles. The number of carbonyl (C=O) groups is 1. The minimum Gasteiger partial charge on any atom is -0.267 e. The Kier molecular flexibility index (Phi) is 4.27. The average molecular weight is 279 g/mol. The van der Waals surface area contributed by atoms with Gasteiger partial charge in [0.1, 0.15) is 0 Å². The van der Waals surface area contributed by atoms with Crippen LogP contribution in [0, 0.1) is 0 Å². The van der Waals surface area contributed by atoms with Crippen LogP contribution in [0.25, 0.3) is 0 Å². The van der Waals surface area contributed by atoms with Gasteiger partial charge in [-0.05, 0) is 36.8 Å². The number of hydrogen-bond donors (Lipinski definition) is 1. The Balaban J connectivity index is 2.39. The van der Waals surface area contributed by atoms with E-state index >= 15 is 0 Å². The third-order valence-electron chi connectivity index (χ3n) is 3.43. The van der Waals surface area contributed by atoms with E-state index in [1.807, 2.05) is 19.1 Å². The summed E-state index contributed by atoms with van der Waals surface area (Å²) >= 11 is 6.24. The molecule has 1 aliphatic carbocycles. The molecule has 3 nitrogen and oxygen atoms in total. The van der Waals surface area contributed by atoms with Gasteiger partial charge in [0.15, 0.2) is 0 Å². The van der Waals surface area contributed by atoms with Gasteiger partial charge in [-0.25, -0.2) is 10.4 Å². The number of benzene rings is 1. The van der Waals surface area contributed by atoms with Gasteiger partial charge in [-0.2, -0.15) is 0 Å². The first-order valence-electron chi connectivity index (χ1n) is 6.58. The molecule has 0 bridgehead atoms. The molecule has 0 radical (unpaired) electrons. The largest absolute Gasteiger partial charge is 0.274 e. The molecule has 4 heteroatoms. The molecule has 0 saturated heterocycles. The highest BCUT2D eigenvalue weighted by Crippen LogP contribution is 2.43. The zero-order valence-corrected chi connectivity index (χ0v) is 12.1. The molecule has 0 aliphatic heterocycles. The molecular formula is C15H19ClN2O. The highest BCUT2D eigenvalue weighted by molar-refractivity contribution is 6.34. The van der Waals surface area contributed by atoms with Crippen LogP contribution in [0.5, 0.6) is 0 Å². The first-order chi connectivity index (χ1) is 9.10. The Labute approximate surface area is 119 Å². The molecule has 0 unspecified atom stereocenters.